The van der Waals surface area contributed by atoms with Crippen molar-refractivity contribution in [3.05, 3.63) is 93.2 Å². The fourth-order valence-corrected chi connectivity index (χ4v) is 4.05. The number of ether oxygens (including phenoxy) is 1. The molecule has 2 heterocycles. The van der Waals surface area contributed by atoms with Crippen molar-refractivity contribution < 1.29 is 9.53 Å². The van der Waals surface area contributed by atoms with Crippen molar-refractivity contribution in [2.45, 2.75) is 40.4 Å². The monoisotopic (exact) mass is 444 g/mol. The summed E-state index contributed by atoms with van der Waals surface area (Å²) in [6.45, 7) is 6.88. The van der Waals surface area contributed by atoms with Gasteiger partial charge in [-0.25, -0.2) is 4.68 Å². The van der Waals surface area contributed by atoms with Gasteiger partial charge < -0.3 is 14.6 Å². The molecule has 0 aliphatic rings. The Hall–Kier alpha value is -3.87. The van der Waals surface area contributed by atoms with Gasteiger partial charge in [-0.1, -0.05) is 42.0 Å². The molecule has 0 atom stereocenters. The van der Waals surface area contributed by atoms with Crippen LogP contribution in [-0.2, 0) is 24.4 Å². The summed E-state index contributed by atoms with van der Waals surface area (Å²) in [6.07, 6.45) is 1.68. The highest BCUT2D eigenvalue weighted by atomic mass is 16.5. The molecule has 0 saturated heterocycles. The van der Waals surface area contributed by atoms with E-state index in [0.29, 0.717) is 18.5 Å². The molecule has 0 saturated carbocycles. The molecular formula is C26H28N4O3. The van der Waals surface area contributed by atoms with Gasteiger partial charge in [0.15, 0.2) is 0 Å². The third-order valence-corrected chi connectivity index (χ3v) is 5.98. The van der Waals surface area contributed by atoms with E-state index in [2.05, 4.69) is 46.2 Å². The van der Waals surface area contributed by atoms with Gasteiger partial charge in [-0.2, -0.15) is 5.10 Å². The number of aryl methyl sites for hydroxylation is 3. The fraction of sp³-hybridized carbons (Fsp3) is 0.269. The Labute approximate surface area is 192 Å². The number of carbonyl (C=O) groups excluding carboxylic acids is 1. The summed E-state index contributed by atoms with van der Waals surface area (Å²) in [4.78, 5) is 25.7. The fourth-order valence-electron chi connectivity index (χ4n) is 4.05. The van der Waals surface area contributed by atoms with Crippen LogP contribution in [0.2, 0.25) is 0 Å². The Balaban J connectivity index is 1.54. The summed E-state index contributed by atoms with van der Waals surface area (Å²) in [5.41, 5.74) is 4.90. The summed E-state index contributed by atoms with van der Waals surface area (Å²) < 4.78 is 8.57. The van der Waals surface area contributed by atoms with Crippen LogP contribution in [0.25, 0.3) is 10.8 Å². The Morgan fingerprint density at radius 3 is 2.52 bits per heavy atom. The summed E-state index contributed by atoms with van der Waals surface area (Å²) in [7, 11) is 1.60. The molecule has 0 radical (unpaired) electrons. The largest absolute Gasteiger partial charge is 0.497 e. The second kappa shape index (κ2) is 9.32. The molecule has 0 aliphatic heterocycles. The van der Waals surface area contributed by atoms with Crippen molar-refractivity contribution >= 4 is 16.7 Å². The molecule has 2 aromatic carbocycles. The number of methoxy groups -OCH3 is 1. The van der Waals surface area contributed by atoms with Gasteiger partial charge in [0.2, 0.25) is 5.91 Å². The van der Waals surface area contributed by atoms with E-state index in [9.17, 15) is 9.59 Å². The zero-order valence-electron chi connectivity index (χ0n) is 19.4. The average Bonchev–Trinajstić information content (AvgIpc) is 3.06. The topological polar surface area (TPSA) is 78.2 Å². The standard InChI is InChI=1S/C26H28N4O3/c1-17-8-10-20(11-9-17)15-29-18(2)23-14-28-30(26(32)25(23)19(29)3)16-24(31)27-13-21-6-5-7-22(12-21)33-4/h5-12,14H,13,15-16H2,1-4H3,(H,27,31). The molecule has 0 bridgehead atoms. The minimum atomic E-state index is -0.278. The van der Waals surface area contributed by atoms with E-state index in [1.807, 2.05) is 38.1 Å². The molecule has 0 fully saturated rings. The van der Waals surface area contributed by atoms with Crippen molar-refractivity contribution in [1.82, 2.24) is 19.7 Å². The number of amides is 1. The highest BCUT2D eigenvalue weighted by Gasteiger charge is 2.17. The lowest BCUT2D eigenvalue weighted by atomic mass is 10.1. The summed E-state index contributed by atoms with van der Waals surface area (Å²) in [5.74, 6) is 0.450. The third-order valence-electron chi connectivity index (χ3n) is 5.98. The molecule has 0 unspecified atom stereocenters. The predicted molar refractivity (Wildman–Crippen MR) is 129 cm³/mol. The van der Waals surface area contributed by atoms with Gasteiger partial charge in [-0.05, 0) is 44.0 Å². The summed E-state index contributed by atoms with van der Waals surface area (Å²) in [6, 6.07) is 15.8. The molecule has 4 aromatic rings. The maximum absolute atomic E-state index is 13.2. The number of nitrogens with zero attached hydrogens (tertiary/aromatic N) is 3. The molecule has 1 amide bonds. The number of hydrogen-bond donors (Lipinski definition) is 1. The first-order valence-corrected chi connectivity index (χ1v) is 10.9. The first-order valence-electron chi connectivity index (χ1n) is 10.9. The Kier molecular flexibility index (Phi) is 6.31. The lowest BCUT2D eigenvalue weighted by Gasteiger charge is -2.09. The van der Waals surface area contributed by atoms with Crippen LogP contribution >= 0.6 is 0 Å². The van der Waals surface area contributed by atoms with E-state index in [1.54, 1.807) is 13.3 Å². The number of rotatable bonds is 7. The molecule has 170 valence electrons. The van der Waals surface area contributed by atoms with Crippen LogP contribution < -0.4 is 15.6 Å². The Bertz CT molecular complexity index is 1370. The minimum absolute atomic E-state index is 0.139. The van der Waals surface area contributed by atoms with Gasteiger partial charge in [0.1, 0.15) is 12.3 Å². The van der Waals surface area contributed by atoms with Crippen LogP contribution in [0.1, 0.15) is 28.1 Å². The number of fused-ring (bicyclic) bond motifs is 1. The summed E-state index contributed by atoms with van der Waals surface area (Å²) in [5, 5.41) is 8.54. The molecular weight excluding hydrogens is 416 g/mol. The van der Waals surface area contributed by atoms with E-state index in [4.69, 9.17) is 4.74 Å². The predicted octanol–water partition coefficient (Wildman–Crippen LogP) is 3.50. The third kappa shape index (κ3) is 4.67. The number of aromatic nitrogens is 3. The molecule has 0 aliphatic carbocycles. The average molecular weight is 445 g/mol. The molecule has 2 aromatic heterocycles. The van der Waals surface area contributed by atoms with Gasteiger partial charge in [-0.15, -0.1) is 0 Å². The van der Waals surface area contributed by atoms with E-state index in [1.165, 1.54) is 10.2 Å². The van der Waals surface area contributed by atoms with Crippen LogP contribution in [0.5, 0.6) is 5.75 Å². The van der Waals surface area contributed by atoms with Crippen molar-refractivity contribution in [2.75, 3.05) is 7.11 Å². The van der Waals surface area contributed by atoms with Gasteiger partial charge in [0.25, 0.3) is 5.56 Å². The molecule has 7 heteroatoms. The lowest BCUT2D eigenvalue weighted by Crippen LogP contribution is -2.33. The zero-order chi connectivity index (χ0) is 23.5. The first-order chi connectivity index (χ1) is 15.9. The van der Waals surface area contributed by atoms with Crippen LogP contribution in [0.15, 0.2) is 59.5 Å². The normalized spacial score (nSPS) is 11.0. The van der Waals surface area contributed by atoms with Crippen LogP contribution in [0.4, 0.5) is 0 Å². The van der Waals surface area contributed by atoms with Crippen LogP contribution in [0, 0.1) is 20.8 Å². The minimum Gasteiger partial charge on any atom is -0.497 e. The van der Waals surface area contributed by atoms with Gasteiger partial charge in [-0.3, -0.25) is 9.59 Å². The molecule has 7 nitrogen and oxygen atoms in total. The van der Waals surface area contributed by atoms with Crippen LogP contribution in [-0.4, -0.2) is 27.4 Å². The maximum Gasteiger partial charge on any atom is 0.276 e. The highest BCUT2D eigenvalue weighted by molar-refractivity contribution is 5.87. The lowest BCUT2D eigenvalue weighted by molar-refractivity contribution is -0.122. The molecule has 4 rings (SSSR count). The van der Waals surface area contributed by atoms with Gasteiger partial charge in [0.05, 0.1) is 18.7 Å². The number of nitrogens with one attached hydrogen (secondary N) is 1. The van der Waals surface area contributed by atoms with Gasteiger partial charge in [0, 0.05) is 29.9 Å². The summed E-state index contributed by atoms with van der Waals surface area (Å²) >= 11 is 0. The van der Waals surface area contributed by atoms with Crippen molar-refractivity contribution in [3.63, 3.8) is 0 Å². The SMILES string of the molecule is COc1cccc(CNC(=O)Cn2ncc3c(C)n(Cc4ccc(C)cc4)c(C)c3c2=O)c1. The first kappa shape index (κ1) is 22.3. The number of hydrogen-bond acceptors (Lipinski definition) is 4. The number of benzene rings is 2. The van der Waals surface area contributed by atoms with Gasteiger partial charge >= 0.3 is 0 Å². The molecule has 1 N–H and O–H groups in total. The van der Waals surface area contributed by atoms with Crippen LogP contribution in [0.3, 0.4) is 0 Å². The highest BCUT2D eigenvalue weighted by Crippen LogP contribution is 2.23. The smallest absolute Gasteiger partial charge is 0.276 e. The Morgan fingerprint density at radius 1 is 1.03 bits per heavy atom. The molecule has 0 spiro atoms. The Morgan fingerprint density at radius 2 is 1.79 bits per heavy atom. The van der Waals surface area contributed by atoms with Crippen molar-refractivity contribution in [2.24, 2.45) is 0 Å². The molecule has 33 heavy (non-hydrogen) atoms. The second-order valence-corrected chi connectivity index (χ2v) is 8.27. The van der Waals surface area contributed by atoms with Crippen molar-refractivity contribution in [1.29, 1.82) is 0 Å². The second-order valence-electron chi connectivity index (χ2n) is 8.27. The quantitative estimate of drug-likeness (QED) is 0.473. The van der Waals surface area contributed by atoms with E-state index in [0.717, 1.165) is 33.7 Å². The van der Waals surface area contributed by atoms with E-state index in [-0.39, 0.29) is 18.0 Å². The number of carbonyl (C=O) groups is 1. The van der Waals surface area contributed by atoms with Crippen molar-refractivity contribution in [3.8, 4) is 5.75 Å². The van der Waals surface area contributed by atoms with E-state index >= 15 is 0 Å². The maximum atomic E-state index is 13.2. The van der Waals surface area contributed by atoms with E-state index < -0.39 is 0 Å². The zero-order valence-corrected chi connectivity index (χ0v) is 19.4.